The number of anilines is 2. The molecule has 0 spiro atoms. The number of carbonyl (C=O) groups excluding carboxylic acids is 2. The van der Waals surface area contributed by atoms with Crippen LogP contribution in [0.4, 0.5) is 11.4 Å². The second-order valence-corrected chi connectivity index (χ2v) is 9.59. The molecule has 0 radical (unpaired) electrons. The number of rotatable bonds is 6. The van der Waals surface area contributed by atoms with E-state index in [1.807, 2.05) is 0 Å². The Kier molecular flexibility index (Phi) is 5.98. The highest BCUT2D eigenvalue weighted by molar-refractivity contribution is 8.15. The fourth-order valence-corrected chi connectivity index (χ4v) is 5.44. The van der Waals surface area contributed by atoms with Crippen LogP contribution in [-0.2, 0) is 19.6 Å². The summed E-state index contributed by atoms with van der Waals surface area (Å²) in [5.74, 6) is -0.261. The lowest BCUT2D eigenvalue weighted by Crippen LogP contribution is -2.35. The van der Waals surface area contributed by atoms with Crippen LogP contribution >= 0.6 is 11.8 Å². The lowest BCUT2D eigenvalue weighted by atomic mass is 10.2. The molecule has 0 unspecified atom stereocenters. The zero-order valence-electron chi connectivity index (χ0n) is 17.2. The molecule has 32 heavy (non-hydrogen) atoms. The number of hydrogen-bond acceptors (Lipinski definition) is 9. The van der Waals surface area contributed by atoms with E-state index in [4.69, 9.17) is 14.2 Å². The Balaban J connectivity index is 1.39. The van der Waals surface area contributed by atoms with E-state index < -0.39 is 28.5 Å². The molecule has 0 atom stereocenters. The van der Waals surface area contributed by atoms with Crippen molar-refractivity contribution in [2.24, 2.45) is 4.40 Å². The van der Waals surface area contributed by atoms with Crippen molar-refractivity contribution in [3.8, 4) is 11.5 Å². The van der Waals surface area contributed by atoms with Gasteiger partial charge in [0.25, 0.3) is 15.9 Å². The zero-order valence-corrected chi connectivity index (χ0v) is 18.8. The highest BCUT2D eigenvalue weighted by Crippen LogP contribution is 2.42. The Morgan fingerprint density at radius 1 is 1.12 bits per heavy atom. The van der Waals surface area contributed by atoms with Crippen molar-refractivity contribution in [3.63, 3.8) is 0 Å². The molecule has 2 aliphatic heterocycles. The van der Waals surface area contributed by atoms with Gasteiger partial charge < -0.3 is 24.4 Å². The first-order valence-electron chi connectivity index (χ1n) is 9.40. The minimum Gasteiger partial charge on any atom is -0.497 e. The van der Waals surface area contributed by atoms with Crippen LogP contribution in [0.1, 0.15) is 10.4 Å². The molecule has 1 N–H and O–H groups in total. The fraction of sp³-hybridized carbons (Fsp3) is 0.250. The molecule has 0 aliphatic carbocycles. The lowest BCUT2D eigenvalue weighted by molar-refractivity contribution is -0.119. The second-order valence-electron chi connectivity index (χ2n) is 6.82. The summed E-state index contributed by atoms with van der Waals surface area (Å²) in [4.78, 5) is 27.1. The number of fused-ring (bicyclic) bond motifs is 3. The van der Waals surface area contributed by atoms with E-state index in [0.29, 0.717) is 33.8 Å². The molecule has 4 rings (SSSR count). The van der Waals surface area contributed by atoms with Gasteiger partial charge in [-0.2, -0.15) is 0 Å². The minimum atomic E-state index is -3.46. The Morgan fingerprint density at radius 2 is 1.84 bits per heavy atom. The molecule has 0 saturated heterocycles. The molecule has 2 heterocycles. The van der Waals surface area contributed by atoms with E-state index in [1.54, 1.807) is 41.3 Å². The number of benzene rings is 2. The van der Waals surface area contributed by atoms with Gasteiger partial charge in [0.05, 0.1) is 31.2 Å². The van der Waals surface area contributed by atoms with Crippen molar-refractivity contribution in [3.05, 3.63) is 42.0 Å². The molecule has 0 bridgehead atoms. The fourth-order valence-electron chi connectivity index (χ4n) is 3.15. The smallest absolute Gasteiger partial charge is 0.338 e. The summed E-state index contributed by atoms with van der Waals surface area (Å²) in [5, 5.41) is 2.99. The Morgan fingerprint density at radius 3 is 2.53 bits per heavy atom. The average Bonchev–Trinajstić information content (AvgIpc) is 3.12. The summed E-state index contributed by atoms with van der Waals surface area (Å²) in [6, 6.07) is 9.76. The van der Waals surface area contributed by atoms with Crippen LogP contribution in [0.15, 0.2) is 45.7 Å². The quantitative estimate of drug-likeness (QED) is 0.623. The third kappa shape index (κ3) is 4.65. The van der Waals surface area contributed by atoms with Crippen molar-refractivity contribution in [1.82, 2.24) is 0 Å². The molecule has 1 amide bonds. The maximum atomic E-state index is 12.4. The number of carbonyl (C=O) groups is 2. The number of amides is 1. The monoisotopic (exact) mass is 477 g/mol. The summed E-state index contributed by atoms with van der Waals surface area (Å²) in [5.41, 5.74) is 1.46. The SMILES string of the molecule is COc1cc(NC(=O)COC(=O)c2ccc3c(c2)SC2=NS(=O)(=O)CCN23)cc(OC)c1. The van der Waals surface area contributed by atoms with Gasteiger partial charge in [-0.1, -0.05) is 0 Å². The molecule has 2 aliphatic rings. The molecule has 10 nitrogen and oxygen atoms in total. The van der Waals surface area contributed by atoms with E-state index in [2.05, 4.69) is 9.71 Å². The summed E-state index contributed by atoms with van der Waals surface area (Å²) in [6.45, 7) is -0.181. The third-order valence-corrected chi connectivity index (χ3v) is 6.98. The first-order chi connectivity index (χ1) is 15.3. The van der Waals surface area contributed by atoms with Gasteiger partial charge in [0.1, 0.15) is 11.5 Å². The number of ether oxygens (including phenoxy) is 3. The van der Waals surface area contributed by atoms with Crippen LogP contribution in [0.2, 0.25) is 0 Å². The number of esters is 1. The van der Waals surface area contributed by atoms with Crippen LogP contribution in [0.25, 0.3) is 0 Å². The molecular weight excluding hydrogens is 458 g/mol. The topological polar surface area (TPSA) is 124 Å². The van der Waals surface area contributed by atoms with Crippen molar-refractivity contribution in [2.45, 2.75) is 4.90 Å². The summed E-state index contributed by atoms with van der Waals surface area (Å²) >= 11 is 1.17. The van der Waals surface area contributed by atoms with E-state index in [0.717, 1.165) is 5.69 Å². The summed E-state index contributed by atoms with van der Waals surface area (Å²) in [7, 11) is -0.471. The number of nitrogens with zero attached hydrogens (tertiary/aromatic N) is 2. The van der Waals surface area contributed by atoms with Gasteiger partial charge in [0, 0.05) is 35.3 Å². The van der Waals surface area contributed by atoms with Crippen LogP contribution in [0.3, 0.4) is 0 Å². The number of sulfonamides is 1. The van der Waals surface area contributed by atoms with Gasteiger partial charge in [0.2, 0.25) is 0 Å². The van der Waals surface area contributed by atoms with Crippen molar-refractivity contribution in [2.75, 3.05) is 43.3 Å². The zero-order chi connectivity index (χ0) is 22.9. The maximum absolute atomic E-state index is 12.4. The standard InChI is InChI=1S/C20H19N3O7S2/c1-28-14-8-13(9-15(10-14)29-2)21-18(24)11-30-19(25)12-3-4-16-17(7-12)31-20-22-32(26,27)6-5-23(16)20/h3-4,7-10H,5-6,11H2,1-2H3,(H,21,24). The van der Waals surface area contributed by atoms with Crippen molar-refractivity contribution >= 4 is 50.2 Å². The summed E-state index contributed by atoms with van der Waals surface area (Å²) in [6.07, 6.45) is 0. The van der Waals surface area contributed by atoms with Gasteiger partial charge in [0.15, 0.2) is 11.8 Å². The van der Waals surface area contributed by atoms with Gasteiger partial charge >= 0.3 is 5.97 Å². The molecule has 168 valence electrons. The lowest BCUT2D eigenvalue weighted by Gasteiger charge is -2.22. The number of amidine groups is 1. The Bertz CT molecular complexity index is 1210. The number of methoxy groups -OCH3 is 2. The highest BCUT2D eigenvalue weighted by atomic mass is 32.2. The van der Waals surface area contributed by atoms with E-state index in [1.165, 1.54) is 26.0 Å². The van der Waals surface area contributed by atoms with Crippen molar-refractivity contribution in [1.29, 1.82) is 0 Å². The van der Waals surface area contributed by atoms with Gasteiger partial charge in [-0.05, 0) is 30.0 Å². The number of nitrogens with one attached hydrogen (secondary N) is 1. The number of thioether (sulfide) groups is 1. The summed E-state index contributed by atoms with van der Waals surface area (Å²) < 4.78 is 42.6. The second kappa shape index (κ2) is 8.71. The number of hydrogen-bond donors (Lipinski definition) is 1. The molecule has 12 heteroatoms. The largest absolute Gasteiger partial charge is 0.497 e. The third-order valence-electron chi connectivity index (χ3n) is 4.68. The van der Waals surface area contributed by atoms with Crippen molar-refractivity contribution < 1.29 is 32.2 Å². The molecule has 0 fully saturated rings. The van der Waals surface area contributed by atoms with Crippen LogP contribution in [-0.4, -0.2) is 58.6 Å². The molecule has 0 saturated carbocycles. The van der Waals surface area contributed by atoms with Crippen LogP contribution in [0.5, 0.6) is 11.5 Å². The van der Waals surface area contributed by atoms with E-state index in [-0.39, 0.29) is 11.3 Å². The Hall–Kier alpha value is -3.25. The molecular formula is C20H19N3O7S2. The predicted octanol–water partition coefficient (Wildman–Crippen LogP) is 2.11. The van der Waals surface area contributed by atoms with Gasteiger partial charge in [-0.3, -0.25) is 4.79 Å². The Labute approximate surface area is 188 Å². The predicted molar refractivity (Wildman–Crippen MR) is 119 cm³/mol. The van der Waals surface area contributed by atoms with Crippen LogP contribution < -0.4 is 19.7 Å². The highest BCUT2D eigenvalue weighted by Gasteiger charge is 2.33. The minimum absolute atomic E-state index is 0.0609. The van der Waals surface area contributed by atoms with E-state index in [9.17, 15) is 18.0 Å². The molecule has 0 aromatic heterocycles. The van der Waals surface area contributed by atoms with Gasteiger partial charge in [-0.15, -0.1) is 4.40 Å². The molecule has 2 aromatic carbocycles. The average molecular weight is 478 g/mol. The van der Waals surface area contributed by atoms with Gasteiger partial charge in [-0.25, -0.2) is 13.2 Å². The first kappa shape index (κ1) is 22.0. The normalized spacial score (nSPS) is 15.8. The van der Waals surface area contributed by atoms with E-state index >= 15 is 0 Å². The first-order valence-corrected chi connectivity index (χ1v) is 11.8. The maximum Gasteiger partial charge on any atom is 0.338 e. The van der Waals surface area contributed by atoms with Crippen LogP contribution in [0, 0.1) is 0 Å². The molecule has 2 aromatic rings.